The number of halogens is 1. The topological polar surface area (TPSA) is 18.5 Å². The van der Waals surface area contributed by atoms with Crippen LogP contribution in [0, 0.1) is 22.7 Å². The normalized spacial score (nSPS) is 50.5. The first-order chi connectivity index (χ1) is 9.20. The standard InChI is InChI=1S/C17H27BrO2/c1-11-19-10-13-16(4)8-7-14(18)15(2,3)12(16)6-9-17(13,5)20-11/h12-14H,1,6-10H2,2-5H3/t12-,13+,14-,16-,17+/m0/s1. The van der Waals surface area contributed by atoms with Crippen molar-refractivity contribution in [2.24, 2.45) is 22.7 Å². The fourth-order valence-corrected chi connectivity index (χ4v) is 5.98. The van der Waals surface area contributed by atoms with Crippen LogP contribution in [0.5, 0.6) is 0 Å². The molecule has 2 nitrogen and oxygen atoms in total. The van der Waals surface area contributed by atoms with E-state index in [4.69, 9.17) is 9.47 Å². The van der Waals surface area contributed by atoms with E-state index in [9.17, 15) is 0 Å². The van der Waals surface area contributed by atoms with E-state index < -0.39 is 0 Å². The van der Waals surface area contributed by atoms with Crippen molar-refractivity contribution in [3.63, 3.8) is 0 Å². The maximum atomic E-state index is 6.06. The van der Waals surface area contributed by atoms with Crippen molar-refractivity contribution >= 4 is 15.9 Å². The summed E-state index contributed by atoms with van der Waals surface area (Å²) >= 11 is 3.93. The lowest BCUT2D eigenvalue weighted by molar-refractivity contribution is -0.241. The quantitative estimate of drug-likeness (QED) is 0.584. The van der Waals surface area contributed by atoms with Gasteiger partial charge in [0.1, 0.15) is 5.60 Å². The molecule has 0 amide bonds. The van der Waals surface area contributed by atoms with Gasteiger partial charge in [0.2, 0.25) is 0 Å². The van der Waals surface area contributed by atoms with Gasteiger partial charge in [-0.25, -0.2) is 0 Å². The summed E-state index contributed by atoms with van der Waals surface area (Å²) in [6, 6.07) is 0. The molecule has 114 valence electrons. The van der Waals surface area contributed by atoms with Gasteiger partial charge >= 0.3 is 0 Å². The van der Waals surface area contributed by atoms with Crippen molar-refractivity contribution in [1.29, 1.82) is 0 Å². The Labute approximate surface area is 131 Å². The molecule has 1 heterocycles. The fraction of sp³-hybridized carbons (Fsp3) is 0.882. The molecule has 1 saturated heterocycles. The van der Waals surface area contributed by atoms with Gasteiger partial charge < -0.3 is 9.47 Å². The fourth-order valence-electron chi connectivity index (χ4n) is 5.43. The lowest BCUT2D eigenvalue weighted by atomic mass is 9.45. The van der Waals surface area contributed by atoms with Crippen molar-refractivity contribution < 1.29 is 9.47 Å². The van der Waals surface area contributed by atoms with Crippen LogP contribution in [0.2, 0.25) is 0 Å². The third-order valence-electron chi connectivity index (χ3n) is 6.66. The minimum Gasteiger partial charge on any atom is -0.465 e. The highest BCUT2D eigenvalue weighted by atomic mass is 79.9. The van der Waals surface area contributed by atoms with Crippen LogP contribution < -0.4 is 0 Å². The Morgan fingerprint density at radius 1 is 1.10 bits per heavy atom. The molecule has 3 heteroatoms. The minimum atomic E-state index is -0.0875. The average Bonchev–Trinajstić information content (AvgIpc) is 2.33. The predicted octanol–water partition coefficient (Wildman–Crippen LogP) is 4.88. The van der Waals surface area contributed by atoms with E-state index in [1.165, 1.54) is 19.3 Å². The van der Waals surface area contributed by atoms with Gasteiger partial charge in [-0.1, -0.05) is 36.7 Å². The van der Waals surface area contributed by atoms with Crippen molar-refractivity contribution in [3.8, 4) is 0 Å². The second-order valence-electron chi connectivity index (χ2n) is 8.07. The third kappa shape index (κ3) is 1.88. The van der Waals surface area contributed by atoms with Crippen molar-refractivity contribution in [2.45, 2.75) is 63.8 Å². The molecule has 0 unspecified atom stereocenters. The Hall–Kier alpha value is -0.180. The summed E-state index contributed by atoms with van der Waals surface area (Å²) in [6.45, 7) is 14.2. The van der Waals surface area contributed by atoms with Crippen molar-refractivity contribution in [3.05, 3.63) is 12.5 Å². The van der Waals surface area contributed by atoms with Gasteiger partial charge in [0, 0.05) is 10.7 Å². The molecule has 3 aliphatic rings. The number of alkyl halides is 1. The summed E-state index contributed by atoms with van der Waals surface area (Å²) in [5.74, 6) is 1.71. The summed E-state index contributed by atoms with van der Waals surface area (Å²) in [6.07, 6.45) is 4.86. The lowest BCUT2D eigenvalue weighted by Crippen LogP contribution is -2.62. The van der Waals surface area contributed by atoms with Crippen LogP contribution in [0.3, 0.4) is 0 Å². The van der Waals surface area contributed by atoms with Gasteiger partial charge in [0.25, 0.3) is 5.95 Å². The van der Waals surface area contributed by atoms with Gasteiger partial charge in [-0.2, -0.15) is 0 Å². The number of fused-ring (bicyclic) bond motifs is 3. The van der Waals surface area contributed by atoms with E-state index in [0.29, 0.717) is 27.5 Å². The highest BCUT2D eigenvalue weighted by molar-refractivity contribution is 9.09. The number of hydrogen-bond donors (Lipinski definition) is 0. The molecule has 0 N–H and O–H groups in total. The highest BCUT2D eigenvalue weighted by Gasteiger charge is 2.62. The maximum Gasteiger partial charge on any atom is 0.272 e. The molecular formula is C17H27BrO2. The molecule has 3 fully saturated rings. The molecule has 3 rings (SSSR count). The smallest absolute Gasteiger partial charge is 0.272 e. The van der Waals surface area contributed by atoms with Crippen LogP contribution in [0.4, 0.5) is 0 Å². The first-order valence-corrected chi connectivity index (χ1v) is 8.76. The Kier molecular flexibility index (Phi) is 3.25. The average molecular weight is 343 g/mol. The van der Waals surface area contributed by atoms with Crippen molar-refractivity contribution in [1.82, 2.24) is 0 Å². The zero-order chi connectivity index (χ0) is 14.8. The van der Waals surface area contributed by atoms with Gasteiger partial charge in [0.05, 0.1) is 6.61 Å². The zero-order valence-corrected chi connectivity index (χ0v) is 14.8. The summed E-state index contributed by atoms with van der Waals surface area (Å²) < 4.78 is 11.8. The summed E-state index contributed by atoms with van der Waals surface area (Å²) in [5, 5.41) is 0. The summed E-state index contributed by atoms with van der Waals surface area (Å²) in [7, 11) is 0. The van der Waals surface area contributed by atoms with E-state index in [0.717, 1.165) is 18.9 Å². The van der Waals surface area contributed by atoms with E-state index in [-0.39, 0.29) is 5.60 Å². The van der Waals surface area contributed by atoms with Gasteiger partial charge in [-0.05, 0) is 55.9 Å². The SMILES string of the molecule is C=C1OC[C@@H]2[C@@]3(C)CC[C@H](Br)C(C)(C)[C@@H]3CC[C@@]2(C)O1. The van der Waals surface area contributed by atoms with Crippen LogP contribution in [0.15, 0.2) is 12.5 Å². The summed E-state index contributed by atoms with van der Waals surface area (Å²) in [5.41, 5.74) is 0.556. The van der Waals surface area contributed by atoms with Gasteiger partial charge in [0.15, 0.2) is 0 Å². The number of hydrogen-bond acceptors (Lipinski definition) is 2. The third-order valence-corrected chi connectivity index (χ3v) is 8.30. The molecule has 0 bridgehead atoms. The van der Waals surface area contributed by atoms with Crippen LogP contribution in [-0.4, -0.2) is 17.0 Å². The molecule has 1 aliphatic heterocycles. The molecule has 0 radical (unpaired) electrons. The number of ether oxygens (including phenoxy) is 2. The number of rotatable bonds is 0. The predicted molar refractivity (Wildman–Crippen MR) is 84.6 cm³/mol. The highest BCUT2D eigenvalue weighted by Crippen LogP contribution is 2.64. The van der Waals surface area contributed by atoms with Crippen LogP contribution >= 0.6 is 15.9 Å². The molecule has 0 spiro atoms. The molecule has 2 saturated carbocycles. The molecular weight excluding hydrogens is 316 g/mol. The maximum absolute atomic E-state index is 6.06. The largest absolute Gasteiger partial charge is 0.465 e. The molecule has 0 aromatic rings. The second kappa shape index (κ2) is 4.41. The Morgan fingerprint density at radius 3 is 2.50 bits per heavy atom. The van der Waals surface area contributed by atoms with E-state index >= 15 is 0 Å². The van der Waals surface area contributed by atoms with E-state index in [1.54, 1.807) is 0 Å². The van der Waals surface area contributed by atoms with Gasteiger partial charge in [-0.3, -0.25) is 0 Å². The van der Waals surface area contributed by atoms with Crippen molar-refractivity contribution in [2.75, 3.05) is 6.61 Å². The van der Waals surface area contributed by atoms with Crippen LogP contribution in [-0.2, 0) is 9.47 Å². The monoisotopic (exact) mass is 342 g/mol. The first-order valence-electron chi connectivity index (χ1n) is 7.85. The molecule has 20 heavy (non-hydrogen) atoms. The first kappa shape index (κ1) is 14.7. The minimum absolute atomic E-state index is 0.0875. The Balaban J connectivity index is 1.97. The van der Waals surface area contributed by atoms with Crippen LogP contribution in [0.1, 0.15) is 53.4 Å². The van der Waals surface area contributed by atoms with Crippen LogP contribution in [0.25, 0.3) is 0 Å². The summed E-state index contributed by atoms with van der Waals surface area (Å²) in [4.78, 5) is 0.623. The van der Waals surface area contributed by atoms with E-state index in [2.05, 4.69) is 50.2 Å². The zero-order valence-electron chi connectivity index (χ0n) is 13.2. The Morgan fingerprint density at radius 2 is 1.80 bits per heavy atom. The molecule has 2 aliphatic carbocycles. The van der Waals surface area contributed by atoms with Gasteiger partial charge in [-0.15, -0.1) is 0 Å². The molecule has 5 atom stereocenters. The Bertz CT molecular complexity index is 433. The molecule has 0 aromatic carbocycles. The lowest BCUT2D eigenvalue weighted by Gasteiger charge is -2.63. The second-order valence-corrected chi connectivity index (χ2v) is 9.18. The molecule has 0 aromatic heterocycles. The van der Waals surface area contributed by atoms with E-state index in [1.807, 2.05) is 0 Å².